The summed E-state index contributed by atoms with van der Waals surface area (Å²) < 4.78 is 43.9. The lowest BCUT2D eigenvalue weighted by Crippen LogP contribution is -2.20. The van der Waals surface area contributed by atoms with Crippen molar-refractivity contribution in [1.82, 2.24) is 4.98 Å². The lowest BCUT2D eigenvalue weighted by atomic mass is 10.00. The van der Waals surface area contributed by atoms with Crippen LogP contribution in [0, 0.1) is 0 Å². The number of nitrogens with two attached hydrogens (primary N) is 1. The quantitative estimate of drug-likeness (QED) is 0.941. The fourth-order valence-electron chi connectivity index (χ4n) is 2.10. The van der Waals surface area contributed by atoms with Gasteiger partial charge in [-0.1, -0.05) is 12.1 Å². The monoisotopic (exact) mass is 296 g/mol. The van der Waals surface area contributed by atoms with Crippen molar-refractivity contribution < 1.29 is 17.9 Å². The van der Waals surface area contributed by atoms with Crippen molar-refractivity contribution in [2.24, 2.45) is 5.73 Å². The molecule has 1 heterocycles. The third-order valence-corrected chi connectivity index (χ3v) is 3.08. The Morgan fingerprint density at radius 3 is 2.67 bits per heavy atom. The van der Waals surface area contributed by atoms with Gasteiger partial charge in [-0.25, -0.2) is 0 Å². The topological polar surface area (TPSA) is 48.1 Å². The van der Waals surface area contributed by atoms with Gasteiger partial charge in [0.25, 0.3) is 0 Å². The summed E-state index contributed by atoms with van der Waals surface area (Å²) in [5.41, 5.74) is 5.77. The minimum absolute atomic E-state index is 0.146. The van der Waals surface area contributed by atoms with Crippen LogP contribution in [0.2, 0.25) is 0 Å². The molecule has 0 aliphatic heterocycles. The molecule has 1 atom stereocenters. The highest BCUT2D eigenvalue weighted by atomic mass is 19.4. The molecule has 112 valence electrons. The molecular weight excluding hydrogens is 281 g/mol. The van der Waals surface area contributed by atoms with E-state index in [1.807, 2.05) is 0 Å². The highest BCUT2D eigenvalue weighted by Gasteiger charge is 2.35. The molecule has 0 bridgehead atoms. The van der Waals surface area contributed by atoms with Crippen LogP contribution in [0.3, 0.4) is 0 Å². The second kappa shape index (κ2) is 6.13. The number of halogens is 3. The van der Waals surface area contributed by atoms with Gasteiger partial charge in [-0.15, -0.1) is 0 Å². The van der Waals surface area contributed by atoms with Crippen molar-refractivity contribution in [3.05, 3.63) is 59.4 Å². The molecule has 2 N–H and O–H groups in total. The first-order chi connectivity index (χ1) is 9.91. The zero-order chi connectivity index (χ0) is 15.5. The maximum atomic E-state index is 13.0. The average Bonchev–Trinajstić information content (AvgIpc) is 2.46. The number of ether oxygens (including phenoxy) is 1. The standard InChI is InChI=1S/C15H15F3N2O/c1-21-11-5-2-4-10(8-11)9-13(19)14-12(15(16,17)18)6-3-7-20-14/h2-8,13H,9,19H2,1H3/t13-/m0/s1. The highest BCUT2D eigenvalue weighted by molar-refractivity contribution is 5.31. The van der Waals surface area contributed by atoms with E-state index in [0.29, 0.717) is 5.75 Å². The molecule has 0 aliphatic rings. The molecule has 21 heavy (non-hydrogen) atoms. The highest BCUT2D eigenvalue weighted by Crippen LogP contribution is 2.33. The van der Waals surface area contributed by atoms with Crippen molar-refractivity contribution in [2.75, 3.05) is 7.11 Å². The number of pyridine rings is 1. The zero-order valence-electron chi connectivity index (χ0n) is 11.4. The normalized spacial score (nSPS) is 13.0. The van der Waals surface area contributed by atoms with E-state index in [1.54, 1.807) is 24.3 Å². The van der Waals surface area contributed by atoms with Crippen molar-refractivity contribution in [2.45, 2.75) is 18.6 Å². The molecule has 0 amide bonds. The van der Waals surface area contributed by atoms with E-state index < -0.39 is 17.8 Å². The number of benzene rings is 1. The second-order valence-corrected chi connectivity index (χ2v) is 4.60. The van der Waals surface area contributed by atoms with Gasteiger partial charge in [-0.3, -0.25) is 4.98 Å². The Labute approximate surface area is 120 Å². The lowest BCUT2D eigenvalue weighted by molar-refractivity contribution is -0.138. The summed E-state index contributed by atoms with van der Waals surface area (Å²) in [5, 5.41) is 0. The van der Waals surface area contributed by atoms with Crippen molar-refractivity contribution >= 4 is 0 Å². The second-order valence-electron chi connectivity index (χ2n) is 4.60. The summed E-state index contributed by atoms with van der Waals surface area (Å²) in [6.07, 6.45) is -2.90. The van der Waals surface area contributed by atoms with Gasteiger partial charge in [0.05, 0.1) is 24.4 Å². The van der Waals surface area contributed by atoms with Crippen molar-refractivity contribution in [3.63, 3.8) is 0 Å². The fourth-order valence-corrected chi connectivity index (χ4v) is 2.10. The summed E-state index contributed by atoms with van der Waals surface area (Å²) in [7, 11) is 1.53. The van der Waals surface area contributed by atoms with Gasteiger partial charge in [0.15, 0.2) is 0 Å². The van der Waals surface area contributed by atoms with Gasteiger partial charge in [-0.05, 0) is 36.2 Å². The predicted molar refractivity (Wildman–Crippen MR) is 72.9 cm³/mol. The van der Waals surface area contributed by atoms with E-state index >= 15 is 0 Å². The Kier molecular flexibility index (Phi) is 4.47. The first kappa shape index (κ1) is 15.3. The van der Waals surface area contributed by atoms with Crippen LogP contribution in [0.1, 0.15) is 22.9 Å². The van der Waals surface area contributed by atoms with Gasteiger partial charge in [-0.2, -0.15) is 13.2 Å². The van der Waals surface area contributed by atoms with Crippen molar-refractivity contribution in [3.8, 4) is 5.75 Å². The molecular formula is C15H15F3N2O. The number of methoxy groups -OCH3 is 1. The molecule has 1 aromatic heterocycles. The number of rotatable bonds is 4. The molecule has 0 saturated carbocycles. The number of hydrogen-bond acceptors (Lipinski definition) is 3. The Morgan fingerprint density at radius 2 is 2.00 bits per heavy atom. The minimum Gasteiger partial charge on any atom is -0.497 e. The summed E-state index contributed by atoms with van der Waals surface area (Å²) in [5.74, 6) is 0.636. The maximum Gasteiger partial charge on any atom is 0.418 e. The Bertz CT molecular complexity index is 614. The zero-order valence-corrected chi connectivity index (χ0v) is 11.4. The van der Waals surface area contributed by atoms with Gasteiger partial charge in [0.1, 0.15) is 5.75 Å². The minimum atomic E-state index is -4.46. The Hall–Kier alpha value is -2.08. The smallest absolute Gasteiger partial charge is 0.418 e. The SMILES string of the molecule is COc1cccc(C[C@H](N)c2ncccc2C(F)(F)F)c1. The first-order valence-corrected chi connectivity index (χ1v) is 6.32. The predicted octanol–water partition coefficient (Wildman–Crippen LogP) is 3.35. The van der Waals surface area contributed by atoms with E-state index in [0.717, 1.165) is 11.6 Å². The van der Waals surface area contributed by atoms with Crippen LogP contribution in [0.5, 0.6) is 5.75 Å². The molecule has 6 heteroatoms. The van der Waals surface area contributed by atoms with E-state index in [4.69, 9.17) is 10.5 Å². The van der Waals surface area contributed by atoms with E-state index in [-0.39, 0.29) is 12.1 Å². The van der Waals surface area contributed by atoms with Crippen LogP contribution in [-0.2, 0) is 12.6 Å². The summed E-state index contributed by atoms with van der Waals surface area (Å²) in [6.45, 7) is 0. The summed E-state index contributed by atoms with van der Waals surface area (Å²) in [6, 6.07) is 8.48. The Balaban J connectivity index is 2.26. The third-order valence-electron chi connectivity index (χ3n) is 3.08. The van der Waals surface area contributed by atoms with Gasteiger partial charge >= 0.3 is 6.18 Å². The number of aromatic nitrogens is 1. The van der Waals surface area contributed by atoms with Gasteiger partial charge in [0.2, 0.25) is 0 Å². The Morgan fingerprint density at radius 1 is 1.24 bits per heavy atom. The summed E-state index contributed by atoms with van der Waals surface area (Å²) in [4.78, 5) is 3.81. The number of alkyl halides is 3. The molecule has 0 spiro atoms. The molecule has 2 aromatic rings. The fraction of sp³-hybridized carbons (Fsp3) is 0.267. The molecule has 0 saturated heterocycles. The molecule has 0 fully saturated rings. The summed E-state index contributed by atoms with van der Waals surface area (Å²) >= 11 is 0. The van der Waals surface area contributed by atoms with Crippen LogP contribution in [0.4, 0.5) is 13.2 Å². The van der Waals surface area contributed by atoms with E-state index in [9.17, 15) is 13.2 Å². The van der Waals surface area contributed by atoms with Crippen LogP contribution in [0.25, 0.3) is 0 Å². The van der Waals surface area contributed by atoms with Crippen LogP contribution in [-0.4, -0.2) is 12.1 Å². The molecule has 2 rings (SSSR count). The molecule has 0 aliphatic carbocycles. The number of hydrogen-bond donors (Lipinski definition) is 1. The van der Waals surface area contributed by atoms with Crippen LogP contribution in [0.15, 0.2) is 42.6 Å². The average molecular weight is 296 g/mol. The number of nitrogens with zero attached hydrogens (tertiary/aromatic N) is 1. The third kappa shape index (κ3) is 3.72. The van der Waals surface area contributed by atoms with Crippen molar-refractivity contribution in [1.29, 1.82) is 0 Å². The lowest BCUT2D eigenvalue weighted by Gasteiger charge is -2.17. The van der Waals surface area contributed by atoms with E-state index in [2.05, 4.69) is 4.98 Å². The van der Waals surface area contributed by atoms with Gasteiger partial charge < -0.3 is 10.5 Å². The maximum absolute atomic E-state index is 13.0. The van der Waals surface area contributed by atoms with Gasteiger partial charge in [0, 0.05) is 6.20 Å². The molecule has 0 radical (unpaired) electrons. The van der Waals surface area contributed by atoms with Crippen LogP contribution < -0.4 is 10.5 Å². The first-order valence-electron chi connectivity index (χ1n) is 6.32. The van der Waals surface area contributed by atoms with E-state index in [1.165, 1.54) is 19.4 Å². The molecule has 0 unspecified atom stereocenters. The largest absolute Gasteiger partial charge is 0.497 e. The molecule has 3 nitrogen and oxygen atoms in total. The molecule has 1 aromatic carbocycles. The van der Waals surface area contributed by atoms with Crippen LogP contribution >= 0.6 is 0 Å².